The van der Waals surface area contributed by atoms with Crippen LogP contribution in [0.15, 0.2) is 36.8 Å². The Balaban J connectivity index is 1.26. The lowest BCUT2D eigenvalue weighted by atomic mass is 9.30. The fourth-order valence-electron chi connectivity index (χ4n) is 14.7. The van der Waals surface area contributed by atoms with Crippen molar-refractivity contribution < 1.29 is 14.6 Å². The maximum atomic E-state index is 14.0. The summed E-state index contributed by atoms with van der Waals surface area (Å²) in [5.41, 5.74) is 9.28. The molecule has 0 bridgehead atoms. The molecular weight excluding hydrogens is 619 g/mol. The van der Waals surface area contributed by atoms with Gasteiger partial charge in [0.25, 0.3) is 0 Å². The first kappa shape index (κ1) is 38.0. The minimum absolute atomic E-state index is 0.00470. The van der Waals surface area contributed by atoms with Crippen molar-refractivity contribution in [1.29, 1.82) is 0 Å². The van der Waals surface area contributed by atoms with E-state index in [0.717, 1.165) is 70.5 Å². The first-order valence-electron chi connectivity index (χ1n) is 20.3. The second-order valence-corrected chi connectivity index (χ2v) is 20.7. The maximum absolute atomic E-state index is 14.0. The standard InChI is InChI=1S/C44H73N3O3/c1-29(2)32-12-18-43(28-36(49)47-24-22-46-23-25-47)21-20-42(11)41(10)17-13-33-39(7,8)35(50-31(4)27-38(5,6)26-30(3)48)15-16-40(33,9)34(41)14-19-44(42,45)37(32)43/h32-35,37,46,48H,1,3-4,12-28,45H2,2,5-11H3/t32-,33-,34+,35-,37-,40-,41+,42-,43+,44?/m0/s1. The molecule has 6 nitrogen and oxygen atoms in total. The van der Waals surface area contributed by atoms with Crippen LogP contribution < -0.4 is 11.1 Å². The summed E-state index contributed by atoms with van der Waals surface area (Å²) >= 11 is 0. The number of nitrogens with zero attached hydrogens (tertiary/aromatic N) is 1. The number of rotatable bonds is 9. The summed E-state index contributed by atoms with van der Waals surface area (Å²) < 4.78 is 6.80. The first-order valence-corrected chi connectivity index (χ1v) is 20.3. The van der Waals surface area contributed by atoms with E-state index in [1.54, 1.807) is 0 Å². The van der Waals surface area contributed by atoms with Crippen molar-refractivity contribution in [1.82, 2.24) is 10.2 Å². The number of nitrogens with two attached hydrogens (primary N) is 1. The molecule has 1 amide bonds. The van der Waals surface area contributed by atoms with Crippen LogP contribution >= 0.6 is 0 Å². The quantitative estimate of drug-likeness (QED) is 0.166. The van der Waals surface area contributed by atoms with Crippen molar-refractivity contribution in [2.45, 2.75) is 151 Å². The number of hydrogen-bond acceptors (Lipinski definition) is 5. The topological polar surface area (TPSA) is 87.8 Å². The van der Waals surface area contributed by atoms with Gasteiger partial charge in [0.1, 0.15) is 6.10 Å². The number of aliphatic hydroxyl groups excluding tert-OH is 1. The van der Waals surface area contributed by atoms with Crippen molar-refractivity contribution >= 4 is 5.91 Å². The van der Waals surface area contributed by atoms with Gasteiger partial charge in [-0.05, 0) is 122 Å². The van der Waals surface area contributed by atoms with Crippen LogP contribution in [0.25, 0.3) is 0 Å². The third-order valence-corrected chi connectivity index (χ3v) is 17.1. The van der Waals surface area contributed by atoms with Gasteiger partial charge >= 0.3 is 0 Å². The van der Waals surface area contributed by atoms with E-state index in [-0.39, 0.29) is 49.9 Å². The minimum Gasteiger partial charge on any atom is -0.513 e. The van der Waals surface area contributed by atoms with E-state index in [0.29, 0.717) is 48.8 Å². The monoisotopic (exact) mass is 692 g/mol. The van der Waals surface area contributed by atoms with Crippen LogP contribution in [-0.4, -0.2) is 53.7 Å². The zero-order chi connectivity index (χ0) is 36.7. The Labute approximate surface area is 305 Å². The van der Waals surface area contributed by atoms with Gasteiger partial charge in [0, 0.05) is 56.4 Å². The smallest absolute Gasteiger partial charge is 0.223 e. The second kappa shape index (κ2) is 12.7. The van der Waals surface area contributed by atoms with Gasteiger partial charge in [-0.1, -0.05) is 73.8 Å². The summed E-state index contributed by atoms with van der Waals surface area (Å²) in [5, 5.41) is 13.3. The Morgan fingerprint density at radius 3 is 2.20 bits per heavy atom. The third-order valence-electron chi connectivity index (χ3n) is 17.1. The van der Waals surface area contributed by atoms with E-state index >= 15 is 0 Å². The van der Waals surface area contributed by atoms with Crippen LogP contribution in [0.1, 0.15) is 139 Å². The predicted molar refractivity (Wildman–Crippen MR) is 205 cm³/mol. The number of carbonyl (C=O) groups is 1. The molecular formula is C44H73N3O3. The molecule has 5 saturated carbocycles. The zero-order valence-corrected chi connectivity index (χ0v) is 33.3. The Bertz CT molecular complexity index is 1380. The molecule has 6 rings (SSSR count). The highest BCUT2D eigenvalue weighted by Crippen LogP contribution is 2.78. The first-order chi connectivity index (χ1) is 23.2. The summed E-state index contributed by atoms with van der Waals surface area (Å²) in [7, 11) is 0. The number of hydrogen-bond donors (Lipinski definition) is 3. The van der Waals surface area contributed by atoms with Crippen molar-refractivity contribution in [3.05, 3.63) is 36.8 Å². The van der Waals surface area contributed by atoms with Crippen molar-refractivity contribution in [3.8, 4) is 0 Å². The fourth-order valence-corrected chi connectivity index (χ4v) is 14.7. The molecule has 6 aliphatic rings. The lowest BCUT2D eigenvalue weighted by molar-refractivity contribution is -0.255. The molecule has 0 aromatic rings. The van der Waals surface area contributed by atoms with Gasteiger partial charge in [-0.2, -0.15) is 0 Å². The number of ether oxygens (including phenoxy) is 1. The molecule has 0 spiro atoms. The molecule has 10 atom stereocenters. The largest absolute Gasteiger partial charge is 0.513 e. The van der Waals surface area contributed by atoms with Crippen LogP contribution in [0, 0.1) is 56.2 Å². The summed E-state index contributed by atoms with van der Waals surface area (Å²) in [4.78, 5) is 16.1. The summed E-state index contributed by atoms with van der Waals surface area (Å²) in [5.74, 6) is 3.27. The Hall–Kier alpha value is -1.79. The molecule has 1 unspecified atom stereocenters. The van der Waals surface area contributed by atoms with Crippen LogP contribution in [-0.2, 0) is 9.53 Å². The number of piperazine rings is 1. The highest BCUT2D eigenvalue weighted by molar-refractivity contribution is 5.77. The molecule has 4 N–H and O–H groups in total. The normalized spacial score (nSPS) is 43.9. The number of carbonyl (C=O) groups excluding carboxylic acids is 1. The summed E-state index contributed by atoms with van der Waals surface area (Å²) in [6, 6.07) is 0. The Morgan fingerprint density at radius 1 is 0.900 bits per heavy atom. The average molecular weight is 692 g/mol. The number of aliphatic hydroxyl groups is 1. The molecule has 1 saturated heterocycles. The van der Waals surface area contributed by atoms with E-state index in [1.807, 2.05) is 0 Å². The van der Waals surface area contributed by atoms with Gasteiger partial charge in [-0.3, -0.25) is 4.79 Å². The third kappa shape index (κ3) is 5.75. The van der Waals surface area contributed by atoms with Crippen LogP contribution in [0.5, 0.6) is 0 Å². The average Bonchev–Trinajstić information content (AvgIpc) is 3.40. The van der Waals surface area contributed by atoms with E-state index in [2.05, 4.69) is 85.3 Å². The number of nitrogens with one attached hydrogen (secondary N) is 1. The van der Waals surface area contributed by atoms with Gasteiger partial charge in [0.05, 0.1) is 11.5 Å². The Kier molecular flexibility index (Phi) is 9.61. The summed E-state index contributed by atoms with van der Waals surface area (Å²) in [6.07, 6.45) is 13.4. The molecule has 0 aromatic heterocycles. The molecule has 5 aliphatic carbocycles. The van der Waals surface area contributed by atoms with E-state index in [9.17, 15) is 9.90 Å². The minimum atomic E-state index is -0.316. The maximum Gasteiger partial charge on any atom is 0.223 e. The van der Waals surface area contributed by atoms with Crippen molar-refractivity contribution in [3.63, 3.8) is 0 Å². The fraction of sp³-hybridized carbons (Fsp3) is 0.841. The zero-order valence-electron chi connectivity index (χ0n) is 33.3. The van der Waals surface area contributed by atoms with E-state index in [4.69, 9.17) is 10.5 Å². The number of fused-ring (bicyclic) bond motifs is 7. The predicted octanol–water partition coefficient (Wildman–Crippen LogP) is 9.32. The van der Waals surface area contributed by atoms with Crippen LogP contribution in [0.2, 0.25) is 0 Å². The van der Waals surface area contributed by atoms with Gasteiger partial charge in [-0.25, -0.2) is 0 Å². The summed E-state index contributed by atoms with van der Waals surface area (Å²) in [6.45, 7) is 35.5. The van der Waals surface area contributed by atoms with Gasteiger partial charge in [-0.15, -0.1) is 0 Å². The van der Waals surface area contributed by atoms with Crippen LogP contribution in [0.4, 0.5) is 0 Å². The van der Waals surface area contributed by atoms with Gasteiger partial charge < -0.3 is 25.8 Å². The van der Waals surface area contributed by atoms with Crippen LogP contribution in [0.3, 0.4) is 0 Å². The molecule has 6 heteroatoms. The lowest BCUT2D eigenvalue weighted by Crippen LogP contribution is -2.76. The number of amides is 1. The highest BCUT2D eigenvalue weighted by atomic mass is 16.5. The van der Waals surface area contributed by atoms with Gasteiger partial charge in [0.15, 0.2) is 0 Å². The van der Waals surface area contributed by atoms with Crippen molar-refractivity contribution in [2.75, 3.05) is 26.2 Å². The number of allylic oxidation sites excluding steroid dienone is 3. The molecule has 0 radical (unpaired) electrons. The molecule has 1 heterocycles. The molecule has 0 aromatic carbocycles. The molecule has 1 aliphatic heterocycles. The second-order valence-electron chi connectivity index (χ2n) is 20.7. The SMILES string of the molecule is C=C(O)CC(C)(C)CC(=C)O[C@H]1CC[C@]2(C)[C@H]3CCC4(N)[C@H]5[C@H](C(=C)C)CC[C@]5(CC(=O)N5CCNCC5)CC[C@@]4(C)[C@]3(C)CC[C@H]2C1(C)C. The molecule has 282 valence electrons. The molecule has 6 fully saturated rings. The lowest BCUT2D eigenvalue weighted by Gasteiger charge is -2.75. The van der Waals surface area contributed by atoms with E-state index in [1.165, 1.54) is 31.3 Å². The van der Waals surface area contributed by atoms with E-state index < -0.39 is 0 Å². The van der Waals surface area contributed by atoms with Gasteiger partial charge in [0.2, 0.25) is 5.91 Å². The van der Waals surface area contributed by atoms with Crippen molar-refractivity contribution in [2.24, 2.45) is 61.9 Å². The Morgan fingerprint density at radius 2 is 1.56 bits per heavy atom. The highest BCUT2D eigenvalue weighted by Gasteiger charge is 2.75. The molecule has 50 heavy (non-hydrogen) atoms.